The number of hydrogen-bond donors (Lipinski definition) is 1. The molecule has 0 saturated carbocycles. The van der Waals surface area contributed by atoms with Gasteiger partial charge < -0.3 is 4.74 Å². The highest BCUT2D eigenvalue weighted by molar-refractivity contribution is 7.71. The molecule has 5 heteroatoms. The summed E-state index contributed by atoms with van der Waals surface area (Å²) in [5.41, 5.74) is 1.23. The predicted molar refractivity (Wildman–Crippen MR) is 66.8 cm³/mol. The third kappa shape index (κ3) is 1.86. The van der Waals surface area contributed by atoms with E-state index in [0.717, 1.165) is 18.0 Å². The maximum atomic E-state index is 5.74. The number of benzene rings is 1. The second kappa shape index (κ2) is 4.00. The Bertz CT molecular complexity index is 602. The molecule has 17 heavy (non-hydrogen) atoms. The van der Waals surface area contributed by atoms with Crippen LogP contribution in [0, 0.1) is 4.77 Å². The average Bonchev–Trinajstić information content (AvgIpc) is 2.69. The van der Waals surface area contributed by atoms with Gasteiger partial charge in [0.2, 0.25) is 4.77 Å². The summed E-state index contributed by atoms with van der Waals surface area (Å²) < 4.78 is 8.07. The Kier molecular flexibility index (Phi) is 2.48. The topological polar surface area (TPSA) is 42.8 Å². The van der Waals surface area contributed by atoms with Gasteiger partial charge in [0, 0.05) is 7.05 Å². The first-order chi connectivity index (χ1) is 8.24. The van der Waals surface area contributed by atoms with E-state index >= 15 is 0 Å². The summed E-state index contributed by atoms with van der Waals surface area (Å²) >= 11 is 5.10. The highest BCUT2D eigenvalue weighted by Crippen LogP contribution is 2.30. The fourth-order valence-electron chi connectivity index (χ4n) is 2.11. The second-order valence-electron chi connectivity index (χ2n) is 4.27. The molecule has 88 valence electrons. The molecule has 0 radical (unpaired) electrons. The second-order valence-corrected chi connectivity index (χ2v) is 4.64. The fraction of sp³-hybridized carbons (Fsp3) is 0.333. The molecular weight excluding hydrogens is 234 g/mol. The number of ether oxygens (including phenoxy) is 1. The molecule has 1 aromatic carbocycles. The molecule has 2 aromatic rings. The van der Waals surface area contributed by atoms with E-state index in [1.807, 2.05) is 25.2 Å². The maximum Gasteiger partial charge on any atom is 0.215 e. The van der Waals surface area contributed by atoms with Gasteiger partial charge in [-0.15, -0.1) is 0 Å². The van der Waals surface area contributed by atoms with Crippen LogP contribution in [0.25, 0.3) is 0 Å². The third-order valence-corrected chi connectivity index (χ3v) is 3.42. The van der Waals surface area contributed by atoms with E-state index in [9.17, 15) is 0 Å². The van der Waals surface area contributed by atoms with Crippen molar-refractivity contribution >= 4 is 12.2 Å². The zero-order chi connectivity index (χ0) is 11.8. The molecule has 1 atom stereocenters. The molecule has 1 N–H and O–H groups in total. The molecule has 1 aliphatic rings. The van der Waals surface area contributed by atoms with Crippen molar-refractivity contribution in [2.24, 2.45) is 7.05 Å². The number of H-pyrrole nitrogens is 1. The maximum absolute atomic E-state index is 5.74. The fourth-order valence-corrected chi connectivity index (χ4v) is 2.25. The lowest BCUT2D eigenvalue weighted by atomic mass is 9.96. The van der Waals surface area contributed by atoms with Gasteiger partial charge in [-0.1, -0.05) is 18.2 Å². The summed E-state index contributed by atoms with van der Waals surface area (Å²) in [6.45, 7) is 0.652. The van der Waals surface area contributed by atoms with Gasteiger partial charge in [0.15, 0.2) is 0 Å². The van der Waals surface area contributed by atoms with Gasteiger partial charge in [-0.2, -0.15) is 0 Å². The summed E-state index contributed by atoms with van der Waals surface area (Å²) in [4.78, 5) is 4.35. The summed E-state index contributed by atoms with van der Waals surface area (Å²) in [5, 5.41) is 3.17. The molecule has 0 bridgehead atoms. The van der Waals surface area contributed by atoms with Crippen molar-refractivity contribution in [2.45, 2.75) is 12.3 Å². The van der Waals surface area contributed by atoms with E-state index in [2.05, 4.69) is 16.1 Å². The minimum absolute atomic E-state index is 0.257. The Labute approximate surface area is 104 Å². The molecule has 0 fully saturated rings. The number of nitrogens with zero attached hydrogens (tertiary/aromatic N) is 2. The Morgan fingerprint density at radius 1 is 1.47 bits per heavy atom. The zero-order valence-corrected chi connectivity index (χ0v) is 10.3. The van der Waals surface area contributed by atoms with Gasteiger partial charge >= 0.3 is 0 Å². The van der Waals surface area contributed by atoms with E-state index in [1.165, 1.54) is 5.56 Å². The molecule has 0 spiro atoms. The first kappa shape index (κ1) is 10.5. The van der Waals surface area contributed by atoms with Crippen molar-refractivity contribution in [2.75, 3.05) is 6.61 Å². The van der Waals surface area contributed by atoms with Crippen LogP contribution in [0.5, 0.6) is 5.75 Å². The smallest absolute Gasteiger partial charge is 0.215 e. The number of rotatable bonds is 1. The molecule has 0 saturated heterocycles. The minimum atomic E-state index is 0.257. The molecule has 2 heterocycles. The predicted octanol–water partition coefficient (Wildman–Crippen LogP) is 2.20. The molecule has 0 amide bonds. The van der Waals surface area contributed by atoms with E-state index < -0.39 is 0 Å². The van der Waals surface area contributed by atoms with Gasteiger partial charge in [0.05, 0.1) is 12.5 Å². The van der Waals surface area contributed by atoms with E-state index in [-0.39, 0.29) is 5.92 Å². The summed E-state index contributed by atoms with van der Waals surface area (Å²) in [6.07, 6.45) is 0.943. The zero-order valence-electron chi connectivity index (χ0n) is 9.51. The van der Waals surface area contributed by atoms with Crippen molar-refractivity contribution in [1.29, 1.82) is 0 Å². The third-order valence-electron chi connectivity index (χ3n) is 3.05. The first-order valence-corrected chi connectivity index (χ1v) is 5.98. The van der Waals surface area contributed by atoms with Crippen molar-refractivity contribution in [3.05, 3.63) is 40.4 Å². The summed E-state index contributed by atoms with van der Waals surface area (Å²) in [7, 11) is 1.87. The monoisotopic (exact) mass is 247 g/mol. The SMILES string of the molecule is Cn1[nH]c(C2COc3ccccc3C2)nc1=S. The van der Waals surface area contributed by atoms with Crippen LogP contribution in [0.1, 0.15) is 17.3 Å². The number of hydrogen-bond acceptors (Lipinski definition) is 3. The molecule has 0 aliphatic carbocycles. The average molecular weight is 247 g/mol. The number of aromatic nitrogens is 3. The van der Waals surface area contributed by atoms with Crippen molar-refractivity contribution in [1.82, 2.24) is 14.8 Å². The highest BCUT2D eigenvalue weighted by Gasteiger charge is 2.23. The lowest BCUT2D eigenvalue weighted by Gasteiger charge is -2.23. The molecule has 1 aliphatic heterocycles. The number of para-hydroxylation sites is 1. The van der Waals surface area contributed by atoms with E-state index in [0.29, 0.717) is 11.4 Å². The Morgan fingerprint density at radius 2 is 2.29 bits per heavy atom. The van der Waals surface area contributed by atoms with Crippen LogP contribution in [0.4, 0.5) is 0 Å². The quantitative estimate of drug-likeness (QED) is 0.786. The van der Waals surface area contributed by atoms with Crippen LogP contribution in [-0.2, 0) is 13.5 Å². The van der Waals surface area contributed by atoms with Gasteiger partial charge in [0.25, 0.3) is 0 Å². The first-order valence-electron chi connectivity index (χ1n) is 5.57. The molecule has 3 rings (SSSR count). The highest BCUT2D eigenvalue weighted by atomic mass is 32.1. The lowest BCUT2D eigenvalue weighted by molar-refractivity contribution is 0.257. The van der Waals surface area contributed by atoms with Crippen molar-refractivity contribution in [3.63, 3.8) is 0 Å². The van der Waals surface area contributed by atoms with Crippen LogP contribution in [0.2, 0.25) is 0 Å². The van der Waals surface area contributed by atoms with Crippen LogP contribution in [0.15, 0.2) is 24.3 Å². The molecule has 4 nitrogen and oxygen atoms in total. The molecule has 1 unspecified atom stereocenters. The largest absolute Gasteiger partial charge is 0.493 e. The van der Waals surface area contributed by atoms with Crippen LogP contribution in [-0.4, -0.2) is 21.4 Å². The van der Waals surface area contributed by atoms with Crippen LogP contribution >= 0.6 is 12.2 Å². The lowest BCUT2D eigenvalue weighted by Crippen LogP contribution is -2.20. The summed E-state index contributed by atoms with van der Waals surface area (Å²) in [6, 6.07) is 8.13. The standard InChI is InChI=1S/C12H13N3OS/c1-15-12(17)13-11(14-15)9-6-8-4-2-3-5-10(8)16-7-9/h2-5,9H,6-7H2,1H3,(H,13,14,17). The van der Waals surface area contributed by atoms with Gasteiger partial charge in [0.1, 0.15) is 11.6 Å². The van der Waals surface area contributed by atoms with Crippen LogP contribution in [0.3, 0.4) is 0 Å². The van der Waals surface area contributed by atoms with E-state index in [4.69, 9.17) is 17.0 Å². The number of aromatic amines is 1. The number of nitrogens with one attached hydrogen (secondary N) is 1. The van der Waals surface area contributed by atoms with E-state index in [1.54, 1.807) is 4.68 Å². The number of fused-ring (bicyclic) bond motifs is 1. The minimum Gasteiger partial charge on any atom is -0.493 e. The number of aryl methyl sites for hydroxylation is 1. The Balaban J connectivity index is 1.91. The van der Waals surface area contributed by atoms with Gasteiger partial charge in [-0.25, -0.2) is 4.98 Å². The van der Waals surface area contributed by atoms with Gasteiger partial charge in [-0.05, 0) is 30.3 Å². The van der Waals surface area contributed by atoms with Gasteiger partial charge in [-0.3, -0.25) is 9.78 Å². The normalized spacial score (nSPS) is 18.5. The Hall–Kier alpha value is -1.62. The Morgan fingerprint density at radius 3 is 3.06 bits per heavy atom. The van der Waals surface area contributed by atoms with Crippen molar-refractivity contribution in [3.8, 4) is 5.75 Å². The summed E-state index contributed by atoms with van der Waals surface area (Å²) in [5.74, 6) is 2.15. The van der Waals surface area contributed by atoms with Crippen LogP contribution < -0.4 is 4.74 Å². The molecule has 1 aromatic heterocycles. The van der Waals surface area contributed by atoms with Crippen molar-refractivity contribution < 1.29 is 4.74 Å². The molecular formula is C12H13N3OS.